The third-order valence-corrected chi connectivity index (χ3v) is 7.38. The van der Waals surface area contributed by atoms with Crippen molar-refractivity contribution in [2.45, 2.75) is 43.5 Å². The minimum atomic E-state index is -0.855. The average Bonchev–Trinajstić information content (AvgIpc) is 3.68. The summed E-state index contributed by atoms with van der Waals surface area (Å²) in [6, 6.07) is 10.5. The second-order valence-electron chi connectivity index (χ2n) is 9.95. The highest BCUT2D eigenvalue weighted by atomic mass is 16.5. The number of piperazine rings is 1. The Bertz CT molecular complexity index is 1380. The normalized spacial score (nSPS) is 21.6. The summed E-state index contributed by atoms with van der Waals surface area (Å²) in [5.41, 5.74) is 0.389. The number of piperidine rings is 1. The first-order valence-corrected chi connectivity index (χ1v) is 12.3. The van der Waals surface area contributed by atoms with E-state index in [0.29, 0.717) is 36.4 Å². The summed E-state index contributed by atoms with van der Waals surface area (Å²) in [5, 5.41) is 19.5. The molecule has 2 bridgehead atoms. The number of nitrogens with zero attached hydrogens (tertiary/aromatic N) is 6. The fraction of sp³-hybridized carbons (Fsp3) is 0.423. The molecule has 1 saturated carbocycles. The maximum absolute atomic E-state index is 12.5. The SMILES string of the molecule is COc1ccc(CN2C3CC2CN(c2ccc(-c4nc(OCC5(O)CC5)[nH]c(=O)c4C#N)cn2)C3)cn1. The van der Waals surface area contributed by atoms with E-state index in [0.717, 1.165) is 31.9 Å². The molecule has 6 heterocycles. The molecule has 37 heavy (non-hydrogen) atoms. The number of nitriles is 1. The standard InChI is InChI=1S/C26H27N7O4/c1-36-22-5-2-16(10-29-22)12-33-18-8-19(33)14-32(13-18)21-4-3-17(11-28-21)23-20(9-27)24(34)31-25(30-23)37-15-26(35)6-7-26/h2-5,10-11,18-19,35H,6-8,12-15H2,1H3,(H,30,31,34). The number of pyridine rings is 2. The van der Waals surface area contributed by atoms with Gasteiger partial charge in [-0.2, -0.15) is 10.2 Å². The molecule has 1 aliphatic carbocycles. The molecular formula is C26H27N7O4. The molecule has 0 radical (unpaired) electrons. The molecule has 3 aliphatic heterocycles. The van der Waals surface area contributed by atoms with Crippen LogP contribution in [0.1, 0.15) is 30.4 Å². The van der Waals surface area contributed by atoms with Crippen molar-refractivity contribution in [1.82, 2.24) is 24.8 Å². The van der Waals surface area contributed by atoms with Gasteiger partial charge in [0, 0.05) is 55.7 Å². The fourth-order valence-corrected chi connectivity index (χ4v) is 5.01. The van der Waals surface area contributed by atoms with E-state index < -0.39 is 11.2 Å². The van der Waals surface area contributed by atoms with E-state index in [1.54, 1.807) is 13.3 Å². The summed E-state index contributed by atoms with van der Waals surface area (Å²) in [4.78, 5) is 33.0. The van der Waals surface area contributed by atoms with Crippen LogP contribution >= 0.6 is 0 Å². The molecule has 190 valence electrons. The van der Waals surface area contributed by atoms with E-state index in [4.69, 9.17) is 9.47 Å². The van der Waals surface area contributed by atoms with Gasteiger partial charge in [-0.05, 0) is 37.0 Å². The molecule has 4 aliphatic rings. The summed E-state index contributed by atoms with van der Waals surface area (Å²) in [5.74, 6) is 1.46. The molecule has 11 heteroatoms. The summed E-state index contributed by atoms with van der Waals surface area (Å²) >= 11 is 0. The number of aliphatic hydroxyl groups is 1. The number of hydrogen-bond acceptors (Lipinski definition) is 10. The minimum absolute atomic E-state index is 0.0216. The van der Waals surface area contributed by atoms with E-state index in [-0.39, 0.29) is 23.9 Å². The lowest BCUT2D eigenvalue weighted by molar-refractivity contribution is -0.00876. The number of anilines is 1. The Morgan fingerprint density at radius 3 is 2.62 bits per heavy atom. The molecule has 0 spiro atoms. The number of hydrogen-bond donors (Lipinski definition) is 2. The van der Waals surface area contributed by atoms with Gasteiger partial charge in [-0.15, -0.1) is 0 Å². The van der Waals surface area contributed by atoms with Gasteiger partial charge in [0.15, 0.2) is 0 Å². The summed E-state index contributed by atoms with van der Waals surface area (Å²) in [6.07, 6.45) is 5.98. The first-order chi connectivity index (χ1) is 17.9. The quantitative estimate of drug-likeness (QED) is 0.466. The van der Waals surface area contributed by atoms with Crippen molar-refractivity contribution < 1.29 is 14.6 Å². The van der Waals surface area contributed by atoms with Crippen LogP contribution in [0.25, 0.3) is 11.3 Å². The summed E-state index contributed by atoms with van der Waals surface area (Å²) < 4.78 is 10.7. The van der Waals surface area contributed by atoms with Gasteiger partial charge in [0.1, 0.15) is 29.8 Å². The molecule has 3 saturated heterocycles. The number of H-pyrrole nitrogens is 1. The lowest BCUT2D eigenvalue weighted by atomic mass is 9.87. The lowest BCUT2D eigenvalue weighted by Gasteiger charge is -2.56. The number of nitrogens with one attached hydrogen (secondary N) is 1. The van der Waals surface area contributed by atoms with Gasteiger partial charge in [0.2, 0.25) is 5.88 Å². The smallest absolute Gasteiger partial charge is 0.297 e. The van der Waals surface area contributed by atoms with Crippen molar-refractivity contribution in [2.24, 2.45) is 0 Å². The minimum Gasteiger partial charge on any atom is -0.481 e. The van der Waals surface area contributed by atoms with Crippen molar-refractivity contribution in [3.63, 3.8) is 0 Å². The zero-order chi connectivity index (χ0) is 25.6. The van der Waals surface area contributed by atoms with Gasteiger partial charge in [-0.1, -0.05) is 6.07 Å². The largest absolute Gasteiger partial charge is 0.481 e. The molecule has 0 amide bonds. The Morgan fingerprint density at radius 2 is 2.00 bits per heavy atom. The maximum atomic E-state index is 12.5. The average molecular weight is 502 g/mol. The Morgan fingerprint density at radius 1 is 1.19 bits per heavy atom. The number of ether oxygens (including phenoxy) is 2. The third kappa shape index (κ3) is 4.61. The number of aromatic nitrogens is 4. The van der Waals surface area contributed by atoms with E-state index in [1.807, 2.05) is 30.5 Å². The molecule has 2 N–H and O–H groups in total. The first kappa shape index (κ1) is 23.4. The first-order valence-electron chi connectivity index (χ1n) is 12.3. The van der Waals surface area contributed by atoms with Crippen molar-refractivity contribution in [3.8, 4) is 29.2 Å². The predicted octanol–water partition coefficient (Wildman–Crippen LogP) is 1.47. The van der Waals surface area contributed by atoms with Crippen LogP contribution < -0.4 is 19.9 Å². The lowest BCUT2D eigenvalue weighted by Crippen LogP contribution is -2.68. The maximum Gasteiger partial charge on any atom is 0.297 e. The van der Waals surface area contributed by atoms with Crippen LogP contribution in [0.15, 0.2) is 41.5 Å². The van der Waals surface area contributed by atoms with Crippen LogP contribution in [-0.4, -0.2) is 74.4 Å². The second-order valence-corrected chi connectivity index (χ2v) is 9.95. The Labute approximate surface area is 213 Å². The Balaban J connectivity index is 1.14. The Kier molecular flexibility index (Phi) is 5.78. The molecule has 4 fully saturated rings. The van der Waals surface area contributed by atoms with Crippen molar-refractivity contribution in [1.29, 1.82) is 5.26 Å². The van der Waals surface area contributed by atoms with Crippen LogP contribution in [0.2, 0.25) is 0 Å². The van der Waals surface area contributed by atoms with Gasteiger partial charge in [0.05, 0.1) is 12.7 Å². The van der Waals surface area contributed by atoms with Gasteiger partial charge in [-0.25, -0.2) is 9.97 Å². The molecule has 3 aromatic heterocycles. The topological polar surface area (TPSA) is 140 Å². The van der Waals surface area contributed by atoms with Gasteiger partial charge >= 0.3 is 0 Å². The molecular weight excluding hydrogens is 474 g/mol. The highest BCUT2D eigenvalue weighted by Gasteiger charge is 2.44. The highest BCUT2D eigenvalue weighted by Crippen LogP contribution is 2.36. The summed E-state index contributed by atoms with van der Waals surface area (Å²) in [7, 11) is 1.61. The van der Waals surface area contributed by atoms with E-state index in [9.17, 15) is 15.2 Å². The van der Waals surface area contributed by atoms with E-state index >= 15 is 0 Å². The van der Waals surface area contributed by atoms with Crippen LogP contribution in [0, 0.1) is 11.3 Å². The van der Waals surface area contributed by atoms with Gasteiger partial charge in [0.25, 0.3) is 11.6 Å². The number of methoxy groups -OCH3 is 1. The zero-order valence-corrected chi connectivity index (χ0v) is 20.4. The van der Waals surface area contributed by atoms with Crippen molar-refractivity contribution >= 4 is 5.82 Å². The monoisotopic (exact) mass is 501 g/mol. The molecule has 7 rings (SSSR count). The van der Waals surface area contributed by atoms with Crippen molar-refractivity contribution in [3.05, 3.63) is 58.1 Å². The molecule has 2 unspecified atom stereocenters. The van der Waals surface area contributed by atoms with Gasteiger partial charge in [-0.3, -0.25) is 14.7 Å². The molecule has 11 nitrogen and oxygen atoms in total. The zero-order valence-electron chi connectivity index (χ0n) is 20.4. The third-order valence-electron chi connectivity index (χ3n) is 7.38. The van der Waals surface area contributed by atoms with Crippen LogP contribution in [0.4, 0.5) is 5.82 Å². The highest BCUT2D eigenvalue weighted by molar-refractivity contribution is 5.66. The van der Waals surface area contributed by atoms with E-state index in [1.165, 1.54) is 5.56 Å². The Hall–Kier alpha value is -4.01. The van der Waals surface area contributed by atoms with Crippen LogP contribution in [0.5, 0.6) is 11.9 Å². The predicted molar refractivity (Wildman–Crippen MR) is 133 cm³/mol. The fourth-order valence-electron chi connectivity index (χ4n) is 5.01. The van der Waals surface area contributed by atoms with Gasteiger partial charge < -0.3 is 19.5 Å². The number of rotatable bonds is 8. The molecule has 3 aromatic rings. The second kappa shape index (κ2) is 9.14. The van der Waals surface area contributed by atoms with Crippen LogP contribution in [-0.2, 0) is 6.54 Å². The van der Waals surface area contributed by atoms with Crippen LogP contribution in [0.3, 0.4) is 0 Å². The number of aromatic amines is 1. The molecule has 0 aromatic carbocycles. The molecule has 2 atom stereocenters. The van der Waals surface area contributed by atoms with E-state index in [2.05, 4.69) is 35.8 Å². The van der Waals surface area contributed by atoms with Crippen molar-refractivity contribution in [2.75, 3.05) is 31.7 Å². The summed E-state index contributed by atoms with van der Waals surface area (Å²) in [6.45, 7) is 2.65. The number of fused-ring (bicyclic) bond motifs is 2.